The maximum atomic E-state index is 13.3. The Hall–Kier alpha value is -1.72. The third kappa shape index (κ3) is 5.04. The average molecular weight is 469 g/mol. The largest absolute Gasteiger partial charge is 0.448 e. The van der Waals surface area contributed by atoms with E-state index in [2.05, 4.69) is 20.4 Å². The molecule has 2 atom stereocenters. The molecule has 8 nitrogen and oxygen atoms in total. The number of aliphatic hydroxyl groups excluding tert-OH is 3. The number of carbonyl (C=O) groups excluding carboxylic acids is 2. The summed E-state index contributed by atoms with van der Waals surface area (Å²) in [5.74, 6) is 0.221. The van der Waals surface area contributed by atoms with Crippen molar-refractivity contribution in [1.82, 2.24) is 4.90 Å². The molecule has 2 aliphatic rings. The predicted octanol–water partition coefficient (Wildman–Crippen LogP) is 2.51. The van der Waals surface area contributed by atoms with Gasteiger partial charge in [0.25, 0.3) is 5.91 Å². The van der Waals surface area contributed by atoms with E-state index in [1.54, 1.807) is 21.6 Å². The smallest absolute Gasteiger partial charge is 0.416 e. The van der Waals surface area contributed by atoms with Gasteiger partial charge in [0, 0.05) is 17.5 Å². The predicted molar refractivity (Wildman–Crippen MR) is 122 cm³/mol. The normalized spacial score (nSPS) is 20.7. The van der Waals surface area contributed by atoms with Crippen molar-refractivity contribution >= 4 is 39.3 Å². The van der Waals surface area contributed by atoms with Crippen LogP contribution in [-0.2, 0) is 18.0 Å². The Bertz CT molecular complexity index is 863. The summed E-state index contributed by atoms with van der Waals surface area (Å²) in [7, 11) is 3.27. The summed E-state index contributed by atoms with van der Waals surface area (Å²) < 4.78 is 5.42. The van der Waals surface area contributed by atoms with Crippen molar-refractivity contribution in [2.75, 3.05) is 23.8 Å². The number of nitrogens with zero attached hydrogens (tertiary/aromatic N) is 2. The van der Waals surface area contributed by atoms with E-state index in [-0.39, 0.29) is 43.5 Å². The molecule has 1 fully saturated rings. The number of benzene rings is 1. The number of ether oxygens (including phenoxy) is 1. The molecule has 3 rings (SSSR count). The lowest BCUT2D eigenvalue weighted by atomic mass is 10.0. The number of anilines is 1. The van der Waals surface area contributed by atoms with Gasteiger partial charge in [-0.15, -0.1) is 0 Å². The van der Waals surface area contributed by atoms with Crippen molar-refractivity contribution in [2.45, 2.75) is 51.0 Å². The van der Waals surface area contributed by atoms with E-state index >= 15 is 0 Å². The molecule has 0 saturated carbocycles. The van der Waals surface area contributed by atoms with Gasteiger partial charge in [-0.1, -0.05) is 47.6 Å². The molecular formula is C21H28N2O6S2. The molecule has 1 aromatic rings. The number of fused-ring (bicyclic) bond motifs is 2. The van der Waals surface area contributed by atoms with E-state index in [0.29, 0.717) is 28.6 Å². The van der Waals surface area contributed by atoms with Gasteiger partial charge >= 0.3 is 6.09 Å². The fourth-order valence-electron chi connectivity index (χ4n) is 3.75. The summed E-state index contributed by atoms with van der Waals surface area (Å²) in [6.45, 7) is 7.76. The molecule has 0 aromatic heterocycles. The summed E-state index contributed by atoms with van der Waals surface area (Å²) in [4.78, 5) is 28.8. The van der Waals surface area contributed by atoms with E-state index in [9.17, 15) is 24.9 Å². The van der Waals surface area contributed by atoms with Gasteiger partial charge in [0.05, 0.1) is 30.5 Å². The van der Waals surface area contributed by atoms with Crippen LogP contribution in [0.15, 0.2) is 24.3 Å². The molecule has 0 radical (unpaired) electrons. The van der Waals surface area contributed by atoms with Crippen molar-refractivity contribution in [3.8, 4) is 0 Å². The highest BCUT2D eigenvalue weighted by Gasteiger charge is 2.46. The van der Waals surface area contributed by atoms with E-state index in [1.165, 1.54) is 17.0 Å². The second kappa shape index (κ2) is 10.3. The Morgan fingerprint density at radius 3 is 2.61 bits per heavy atom. The lowest BCUT2D eigenvalue weighted by molar-refractivity contribution is 0.0493. The van der Waals surface area contributed by atoms with Gasteiger partial charge in [-0.25, -0.2) is 9.69 Å². The molecule has 0 aliphatic carbocycles. The van der Waals surface area contributed by atoms with Gasteiger partial charge in [-0.3, -0.25) is 4.79 Å². The maximum absolute atomic E-state index is 13.3. The monoisotopic (exact) mass is 468 g/mol. The lowest BCUT2D eigenvalue weighted by Gasteiger charge is -2.31. The molecule has 3 N–H and O–H groups in total. The number of rotatable bonds is 7. The first-order valence-electron chi connectivity index (χ1n) is 10.1. The molecule has 2 heterocycles. The number of hydrogen-bond acceptors (Lipinski definition) is 8. The molecule has 10 heteroatoms. The molecule has 1 saturated heterocycles. The van der Waals surface area contributed by atoms with E-state index in [1.807, 2.05) is 0 Å². The van der Waals surface area contributed by atoms with Crippen LogP contribution in [0.4, 0.5) is 10.5 Å². The molecule has 1 unspecified atom stereocenters. The maximum Gasteiger partial charge on any atom is 0.416 e. The minimum atomic E-state index is -1.33. The van der Waals surface area contributed by atoms with Crippen LogP contribution < -0.4 is 4.90 Å². The zero-order valence-corrected chi connectivity index (χ0v) is 19.2. The molecular weight excluding hydrogens is 440 g/mol. The van der Waals surface area contributed by atoms with Crippen LogP contribution in [0.5, 0.6) is 0 Å². The fraction of sp³-hybridized carbons (Fsp3) is 0.524. The quantitative estimate of drug-likeness (QED) is 0.318. The van der Waals surface area contributed by atoms with Crippen molar-refractivity contribution in [3.63, 3.8) is 0 Å². The van der Waals surface area contributed by atoms with Crippen LogP contribution in [0.1, 0.15) is 41.8 Å². The van der Waals surface area contributed by atoms with E-state index in [0.717, 1.165) is 10.5 Å². The van der Waals surface area contributed by atoms with Crippen LogP contribution in [0.2, 0.25) is 0 Å². The van der Waals surface area contributed by atoms with Gasteiger partial charge in [0.1, 0.15) is 6.61 Å². The number of hydrogen-bond donors (Lipinski definition) is 3. The molecule has 2 aliphatic heterocycles. The molecule has 0 bridgehead atoms. The Labute approximate surface area is 189 Å². The Morgan fingerprint density at radius 2 is 1.97 bits per heavy atom. The van der Waals surface area contributed by atoms with Crippen LogP contribution in [0, 0.1) is 0 Å². The van der Waals surface area contributed by atoms with Crippen LogP contribution >= 0.6 is 21.6 Å². The van der Waals surface area contributed by atoms with E-state index in [4.69, 9.17) is 4.74 Å². The zero-order valence-electron chi connectivity index (χ0n) is 17.6. The summed E-state index contributed by atoms with van der Waals surface area (Å²) >= 11 is 0. The first-order valence-corrected chi connectivity index (χ1v) is 12.4. The summed E-state index contributed by atoms with van der Waals surface area (Å²) in [5.41, 5.74) is 1.86. The molecule has 1 aromatic carbocycles. The van der Waals surface area contributed by atoms with Crippen molar-refractivity contribution in [1.29, 1.82) is 0 Å². The summed E-state index contributed by atoms with van der Waals surface area (Å²) in [6.07, 6.45) is -1.73. The zero-order chi connectivity index (χ0) is 22.7. The molecule has 0 spiro atoms. The Kier molecular flexibility index (Phi) is 7.92. The number of carbonyl (C=O) groups is 2. The summed E-state index contributed by atoms with van der Waals surface area (Å²) in [6, 6.07) is 2.28. The summed E-state index contributed by atoms with van der Waals surface area (Å²) in [5, 5.41) is 30.9. The fourth-order valence-corrected chi connectivity index (χ4v) is 5.58. The van der Waals surface area contributed by atoms with E-state index < -0.39 is 18.4 Å². The highest BCUT2D eigenvalue weighted by atomic mass is 33.1. The Morgan fingerprint density at radius 1 is 1.29 bits per heavy atom. The second-order valence-corrected chi connectivity index (χ2v) is 10.8. The van der Waals surface area contributed by atoms with Crippen molar-refractivity contribution < 1.29 is 29.6 Å². The SMILES string of the molecule is C=C1C[C@H]2C(O)N(C(=O)OCCSSC(C)C)c3cc(CO)c(CO)cc3C(=O)N2C1. The van der Waals surface area contributed by atoms with Crippen molar-refractivity contribution in [3.05, 3.63) is 41.0 Å². The van der Waals surface area contributed by atoms with Gasteiger partial charge < -0.3 is 25.0 Å². The molecule has 31 heavy (non-hydrogen) atoms. The molecule has 170 valence electrons. The minimum absolute atomic E-state index is 0.151. The topological polar surface area (TPSA) is 111 Å². The van der Waals surface area contributed by atoms with Crippen LogP contribution in [0.3, 0.4) is 0 Å². The van der Waals surface area contributed by atoms with Gasteiger partial charge in [-0.2, -0.15) is 0 Å². The second-order valence-electron chi connectivity index (χ2n) is 7.77. The lowest BCUT2D eigenvalue weighted by Crippen LogP contribution is -2.51. The number of aliphatic hydroxyl groups is 3. The average Bonchev–Trinajstić information content (AvgIpc) is 3.11. The standard InChI is InChI=1S/C21H28N2O6S2/c1-12(2)31-30-5-4-29-21(28)23-17-8-15(11-25)14(10-24)7-16(17)19(26)22-9-13(3)6-18(22)20(23)27/h7-8,12,18,20,24-25,27H,3-6,9-11H2,1-2H3/t18-,20?/m0/s1. The minimum Gasteiger partial charge on any atom is -0.448 e. The third-order valence-corrected chi connectivity index (χ3v) is 8.08. The highest BCUT2D eigenvalue weighted by molar-refractivity contribution is 8.76. The van der Waals surface area contributed by atoms with Crippen LogP contribution in [-0.4, -0.2) is 68.6 Å². The van der Waals surface area contributed by atoms with Gasteiger partial charge in [0.2, 0.25) is 0 Å². The van der Waals surface area contributed by atoms with Gasteiger partial charge in [-0.05, 0) is 29.7 Å². The van der Waals surface area contributed by atoms with Crippen molar-refractivity contribution in [2.24, 2.45) is 0 Å². The first kappa shape index (κ1) is 23.9. The number of amides is 2. The van der Waals surface area contributed by atoms with Crippen LogP contribution in [0.25, 0.3) is 0 Å². The molecule has 2 amide bonds. The first-order chi connectivity index (χ1) is 14.8. The highest BCUT2D eigenvalue weighted by Crippen LogP contribution is 2.37. The Balaban J connectivity index is 1.94. The van der Waals surface area contributed by atoms with Gasteiger partial charge in [0.15, 0.2) is 6.23 Å². The third-order valence-electron chi connectivity index (χ3n) is 5.16.